The maximum atomic E-state index is 5.83. The van der Waals surface area contributed by atoms with Crippen LogP contribution in [-0.2, 0) is 5.75 Å². The van der Waals surface area contributed by atoms with Crippen LogP contribution in [0, 0.1) is 0 Å². The van der Waals surface area contributed by atoms with Crippen molar-refractivity contribution in [1.29, 1.82) is 0 Å². The molecule has 102 valence electrons. The predicted octanol–water partition coefficient (Wildman–Crippen LogP) is 2.84. The second-order valence-corrected chi connectivity index (χ2v) is 5.23. The number of nitrogens with zero attached hydrogens (tertiary/aromatic N) is 2. The van der Waals surface area contributed by atoms with Gasteiger partial charge in [-0.2, -0.15) is 0 Å². The van der Waals surface area contributed by atoms with Crippen LogP contribution in [0.3, 0.4) is 0 Å². The number of aromatic nitrogens is 3. The second-order valence-electron chi connectivity index (χ2n) is 4.26. The van der Waals surface area contributed by atoms with E-state index in [1.54, 1.807) is 25.1 Å². The van der Waals surface area contributed by atoms with Crippen LogP contribution < -0.4 is 10.5 Å². The molecule has 3 aromatic rings. The molecular formula is C14H14N4OS. The summed E-state index contributed by atoms with van der Waals surface area (Å²) >= 11 is 1.60. The van der Waals surface area contributed by atoms with Crippen molar-refractivity contribution < 1.29 is 4.74 Å². The molecule has 0 unspecified atom stereocenters. The summed E-state index contributed by atoms with van der Waals surface area (Å²) in [5.74, 6) is 2.11. The average molecular weight is 286 g/mol. The third-order valence-corrected chi connectivity index (χ3v) is 3.88. The summed E-state index contributed by atoms with van der Waals surface area (Å²) in [6.07, 6.45) is 1.69. The highest BCUT2D eigenvalue weighted by Crippen LogP contribution is 2.26. The van der Waals surface area contributed by atoms with Crippen molar-refractivity contribution in [2.75, 3.05) is 12.8 Å². The van der Waals surface area contributed by atoms with Crippen LogP contribution in [0.2, 0.25) is 0 Å². The number of nitrogen functional groups attached to an aromatic ring is 1. The summed E-state index contributed by atoms with van der Waals surface area (Å²) in [5.41, 5.74) is 8.72. The summed E-state index contributed by atoms with van der Waals surface area (Å²) in [6, 6.07) is 9.63. The SMILES string of the molecule is COc1ccc2nc(SCc3cccnc3N)[nH]c2c1. The Labute approximate surface area is 120 Å². The van der Waals surface area contributed by atoms with Gasteiger partial charge in [0.1, 0.15) is 11.6 Å². The zero-order valence-electron chi connectivity index (χ0n) is 11.0. The van der Waals surface area contributed by atoms with E-state index in [1.165, 1.54) is 0 Å². The second kappa shape index (κ2) is 5.42. The number of rotatable bonds is 4. The Bertz CT molecular complexity index is 741. The molecule has 0 radical (unpaired) electrons. The van der Waals surface area contributed by atoms with Crippen LogP contribution in [-0.4, -0.2) is 22.1 Å². The Morgan fingerprint density at radius 2 is 2.25 bits per heavy atom. The number of H-pyrrole nitrogens is 1. The first-order valence-electron chi connectivity index (χ1n) is 6.12. The number of pyridine rings is 1. The van der Waals surface area contributed by atoms with Crippen molar-refractivity contribution in [1.82, 2.24) is 15.0 Å². The van der Waals surface area contributed by atoms with Crippen LogP contribution >= 0.6 is 11.8 Å². The molecule has 0 spiro atoms. The van der Waals surface area contributed by atoms with E-state index in [2.05, 4.69) is 15.0 Å². The van der Waals surface area contributed by atoms with Crippen molar-refractivity contribution in [2.24, 2.45) is 0 Å². The number of hydrogen-bond acceptors (Lipinski definition) is 5. The number of hydrogen-bond donors (Lipinski definition) is 2. The molecule has 0 aliphatic heterocycles. The van der Waals surface area contributed by atoms with Crippen LogP contribution in [0.25, 0.3) is 11.0 Å². The summed E-state index contributed by atoms with van der Waals surface area (Å²) in [5, 5.41) is 0.858. The number of fused-ring (bicyclic) bond motifs is 1. The minimum Gasteiger partial charge on any atom is -0.497 e. The molecule has 0 amide bonds. The number of anilines is 1. The lowest BCUT2D eigenvalue weighted by atomic mass is 10.3. The van der Waals surface area contributed by atoms with Gasteiger partial charge in [0.15, 0.2) is 5.16 Å². The fourth-order valence-corrected chi connectivity index (χ4v) is 2.76. The first-order valence-corrected chi connectivity index (χ1v) is 7.11. The molecule has 2 heterocycles. The molecule has 5 nitrogen and oxygen atoms in total. The van der Waals surface area contributed by atoms with Crippen LogP contribution in [0.5, 0.6) is 5.75 Å². The van der Waals surface area contributed by atoms with Gasteiger partial charge in [-0.15, -0.1) is 0 Å². The van der Waals surface area contributed by atoms with E-state index in [0.29, 0.717) is 5.82 Å². The van der Waals surface area contributed by atoms with Gasteiger partial charge in [-0.1, -0.05) is 17.8 Å². The lowest BCUT2D eigenvalue weighted by Gasteiger charge is -2.01. The fourth-order valence-electron chi connectivity index (χ4n) is 1.88. The van der Waals surface area contributed by atoms with E-state index in [0.717, 1.165) is 33.3 Å². The number of imidazole rings is 1. The maximum Gasteiger partial charge on any atom is 0.166 e. The van der Waals surface area contributed by atoms with Crippen LogP contribution in [0.4, 0.5) is 5.82 Å². The Morgan fingerprint density at radius 1 is 1.35 bits per heavy atom. The normalized spacial score (nSPS) is 10.8. The number of thioether (sulfide) groups is 1. The monoisotopic (exact) mass is 286 g/mol. The van der Waals surface area contributed by atoms with Gasteiger partial charge in [0, 0.05) is 23.6 Å². The van der Waals surface area contributed by atoms with Crippen molar-refractivity contribution in [3.8, 4) is 5.75 Å². The Hall–Kier alpha value is -2.21. The molecule has 3 rings (SSSR count). The molecule has 0 fully saturated rings. The first-order chi connectivity index (χ1) is 9.76. The van der Waals surface area contributed by atoms with E-state index >= 15 is 0 Å². The van der Waals surface area contributed by atoms with E-state index < -0.39 is 0 Å². The topological polar surface area (TPSA) is 76.8 Å². The van der Waals surface area contributed by atoms with Gasteiger partial charge in [0.05, 0.1) is 18.1 Å². The molecule has 3 N–H and O–H groups in total. The highest BCUT2D eigenvalue weighted by atomic mass is 32.2. The zero-order valence-corrected chi connectivity index (χ0v) is 11.8. The van der Waals surface area contributed by atoms with E-state index in [1.807, 2.05) is 30.3 Å². The quantitative estimate of drug-likeness (QED) is 0.721. The van der Waals surface area contributed by atoms with Crippen molar-refractivity contribution >= 4 is 28.6 Å². The highest BCUT2D eigenvalue weighted by Gasteiger charge is 2.06. The van der Waals surface area contributed by atoms with Gasteiger partial charge >= 0.3 is 0 Å². The van der Waals surface area contributed by atoms with Gasteiger partial charge in [0.25, 0.3) is 0 Å². The molecule has 0 aliphatic rings. The van der Waals surface area contributed by atoms with Crippen LogP contribution in [0.1, 0.15) is 5.56 Å². The lowest BCUT2D eigenvalue weighted by molar-refractivity contribution is 0.415. The number of ether oxygens (including phenoxy) is 1. The Balaban J connectivity index is 1.79. The number of benzene rings is 1. The molecule has 0 aliphatic carbocycles. The van der Waals surface area contributed by atoms with Crippen molar-refractivity contribution in [3.63, 3.8) is 0 Å². The predicted molar refractivity (Wildman–Crippen MR) is 80.9 cm³/mol. The van der Waals surface area contributed by atoms with E-state index in [9.17, 15) is 0 Å². The lowest BCUT2D eigenvalue weighted by Crippen LogP contribution is -1.95. The highest BCUT2D eigenvalue weighted by molar-refractivity contribution is 7.98. The van der Waals surface area contributed by atoms with E-state index in [4.69, 9.17) is 10.5 Å². The minimum atomic E-state index is 0.567. The number of methoxy groups -OCH3 is 1. The standard InChI is InChI=1S/C14H14N4OS/c1-19-10-4-5-11-12(7-10)18-14(17-11)20-8-9-3-2-6-16-13(9)15/h2-7H,8H2,1H3,(H2,15,16)(H,17,18). The molecule has 0 atom stereocenters. The number of aromatic amines is 1. The Kier molecular flexibility index (Phi) is 3.47. The number of nitrogens with one attached hydrogen (secondary N) is 1. The van der Waals surface area contributed by atoms with Crippen molar-refractivity contribution in [3.05, 3.63) is 42.1 Å². The third kappa shape index (κ3) is 2.55. The molecule has 0 saturated heterocycles. The van der Waals surface area contributed by atoms with Gasteiger partial charge in [-0.05, 0) is 18.2 Å². The summed E-state index contributed by atoms with van der Waals surface area (Å²) in [4.78, 5) is 11.9. The zero-order chi connectivity index (χ0) is 13.9. The first kappa shape index (κ1) is 12.8. The Morgan fingerprint density at radius 3 is 3.05 bits per heavy atom. The van der Waals surface area contributed by atoms with Crippen molar-refractivity contribution in [2.45, 2.75) is 10.9 Å². The van der Waals surface area contributed by atoms with Gasteiger partial charge in [-0.3, -0.25) is 0 Å². The van der Waals surface area contributed by atoms with Gasteiger partial charge in [0.2, 0.25) is 0 Å². The summed E-state index contributed by atoms with van der Waals surface area (Å²) < 4.78 is 5.20. The average Bonchev–Trinajstić information content (AvgIpc) is 2.88. The molecule has 1 aromatic carbocycles. The smallest absolute Gasteiger partial charge is 0.166 e. The largest absolute Gasteiger partial charge is 0.497 e. The van der Waals surface area contributed by atoms with Gasteiger partial charge < -0.3 is 15.5 Å². The number of nitrogens with two attached hydrogens (primary N) is 1. The summed E-state index contributed by atoms with van der Waals surface area (Å²) in [7, 11) is 1.65. The third-order valence-electron chi connectivity index (χ3n) is 2.96. The van der Waals surface area contributed by atoms with Crippen LogP contribution in [0.15, 0.2) is 41.7 Å². The molecule has 2 aromatic heterocycles. The molecule has 0 bridgehead atoms. The molecule has 0 saturated carbocycles. The fraction of sp³-hybridized carbons (Fsp3) is 0.143. The molecular weight excluding hydrogens is 272 g/mol. The van der Waals surface area contributed by atoms with E-state index in [-0.39, 0.29) is 0 Å². The summed E-state index contributed by atoms with van der Waals surface area (Å²) in [6.45, 7) is 0. The van der Waals surface area contributed by atoms with Gasteiger partial charge in [-0.25, -0.2) is 9.97 Å². The maximum absolute atomic E-state index is 5.83. The molecule has 6 heteroatoms. The molecule has 20 heavy (non-hydrogen) atoms. The minimum absolute atomic E-state index is 0.567.